The number of aryl methyl sites for hydroxylation is 1. The monoisotopic (exact) mass is 440 g/mol. The molecule has 0 fully saturated rings. The molecule has 0 aliphatic heterocycles. The highest BCUT2D eigenvalue weighted by Gasteiger charge is 2.20. The van der Waals surface area contributed by atoms with E-state index >= 15 is 0 Å². The van der Waals surface area contributed by atoms with E-state index < -0.39 is 0 Å². The summed E-state index contributed by atoms with van der Waals surface area (Å²) in [5, 5.41) is 0. The normalized spacial score (nSPS) is 19.4. The molecule has 2 aromatic heterocycles. The fourth-order valence-electron chi connectivity index (χ4n) is 4.16. The molecule has 0 aromatic carbocycles. The molecule has 0 saturated heterocycles. The predicted octanol–water partition coefficient (Wildman–Crippen LogP) is 5.77. The quantitative estimate of drug-likeness (QED) is 0.572. The summed E-state index contributed by atoms with van der Waals surface area (Å²) in [6.07, 6.45) is 3.85. The molecule has 3 rings (SSSR count). The molecule has 1 aliphatic rings. The van der Waals surface area contributed by atoms with Gasteiger partial charge in [-0.05, 0) is 87.9 Å². The predicted molar refractivity (Wildman–Crippen MR) is 126 cm³/mol. The van der Waals surface area contributed by atoms with E-state index in [0.29, 0.717) is 34.8 Å². The van der Waals surface area contributed by atoms with Crippen molar-refractivity contribution in [3.63, 3.8) is 0 Å². The number of halogens is 1. The van der Waals surface area contributed by atoms with Crippen LogP contribution in [0.2, 0.25) is 0 Å². The Morgan fingerprint density at radius 1 is 1.19 bits per heavy atom. The van der Waals surface area contributed by atoms with Crippen LogP contribution in [0.4, 0.5) is 4.39 Å². The molecule has 172 valence electrons. The Balaban J connectivity index is 2.27. The van der Waals surface area contributed by atoms with Gasteiger partial charge in [0.05, 0.1) is 29.8 Å². The molecule has 1 atom stereocenters. The average molecular weight is 441 g/mol. The first kappa shape index (κ1) is 24.1. The molecule has 32 heavy (non-hydrogen) atoms. The molecule has 5 nitrogen and oxygen atoms in total. The van der Waals surface area contributed by atoms with Gasteiger partial charge in [0.2, 0.25) is 0 Å². The number of hydrogen-bond acceptors (Lipinski definition) is 4. The minimum absolute atomic E-state index is 0.114. The Kier molecular flexibility index (Phi) is 7.80. The first-order chi connectivity index (χ1) is 15.3. The molecule has 2 bridgehead atoms. The number of methoxy groups -OCH3 is 2. The summed E-state index contributed by atoms with van der Waals surface area (Å²) in [6, 6.07) is 5.91. The second-order valence-corrected chi connectivity index (χ2v) is 8.36. The zero-order chi connectivity index (χ0) is 23.4. The summed E-state index contributed by atoms with van der Waals surface area (Å²) in [7, 11) is 3.19. The molecule has 0 radical (unpaired) electrons. The maximum absolute atomic E-state index is 14.9. The van der Waals surface area contributed by atoms with Crippen molar-refractivity contribution in [3.8, 4) is 11.4 Å². The largest absolute Gasteiger partial charge is 0.380 e. The fourth-order valence-corrected chi connectivity index (χ4v) is 4.16. The van der Waals surface area contributed by atoms with Gasteiger partial charge in [-0.1, -0.05) is 5.57 Å². The minimum Gasteiger partial charge on any atom is -0.380 e. The number of rotatable bonds is 6. The van der Waals surface area contributed by atoms with Gasteiger partial charge in [-0.15, -0.1) is 0 Å². The topological polar surface area (TPSA) is 53.4 Å². The van der Waals surface area contributed by atoms with Gasteiger partial charge in [-0.3, -0.25) is 4.79 Å². The van der Waals surface area contributed by atoms with E-state index in [0.717, 1.165) is 36.0 Å². The molecule has 6 heteroatoms. The Bertz CT molecular complexity index is 1110. The molecule has 0 N–H and O–H groups in total. The lowest BCUT2D eigenvalue weighted by Gasteiger charge is -2.20. The number of ether oxygens (including phenoxy) is 2. The number of fused-ring (bicyclic) bond motifs is 2. The molecule has 0 amide bonds. The highest BCUT2D eigenvalue weighted by atomic mass is 19.1. The van der Waals surface area contributed by atoms with Crippen LogP contribution in [0.1, 0.15) is 69.0 Å². The van der Waals surface area contributed by atoms with E-state index in [2.05, 4.69) is 0 Å². The van der Waals surface area contributed by atoms with Crippen LogP contribution in [0.3, 0.4) is 0 Å². The minimum atomic E-state index is -0.278. The molecule has 2 aromatic rings. The summed E-state index contributed by atoms with van der Waals surface area (Å²) in [4.78, 5) is 18.1. The Labute approximate surface area is 189 Å². The van der Waals surface area contributed by atoms with Crippen LogP contribution in [-0.2, 0) is 29.0 Å². The van der Waals surface area contributed by atoms with Crippen LogP contribution in [0.15, 0.2) is 40.0 Å². The lowest BCUT2D eigenvalue weighted by Crippen LogP contribution is -2.28. The lowest BCUT2D eigenvalue weighted by molar-refractivity contribution is 0.114. The van der Waals surface area contributed by atoms with Gasteiger partial charge >= 0.3 is 0 Å². The molecule has 0 spiro atoms. The molecule has 1 unspecified atom stereocenters. The third kappa shape index (κ3) is 4.92. The van der Waals surface area contributed by atoms with Gasteiger partial charge in [-0.2, -0.15) is 0 Å². The second kappa shape index (κ2) is 10.4. The Hall–Kier alpha value is -2.57. The van der Waals surface area contributed by atoms with E-state index in [4.69, 9.17) is 14.5 Å². The van der Waals surface area contributed by atoms with Crippen molar-refractivity contribution < 1.29 is 13.9 Å². The molecular formula is C26H33FN2O3. The summed E-state index contributed by atoms with van der Waals surface area (Å²) in [5.74, 6) is -0.267. The summed E-state index contributed by atoms with van der Waals surface area (Å²) < 4.78 is 27.4. The summed E-state index contributed by atoms with van der Waals surface area (Å²) in [6.45, 7) is 8.33. The lowest BCUT2D eigenvalue weighted by atomic mass is 9.97. The number of nitrogens with zero attached hydrogens (tertiary/aromatic N) is 2. The van der Waals surface area contributed by atoms with Gasteiger partial charge in [0.1, 0.15) is 5.83 Å². The van der Waals surface area contributed by atoms with Crippen LogP contribution in [0.25, 0.3) is 17.5 Å². The second-order valence-electron chi connectivity index (χ2n) is 8.36. The number of hydrogen-bond donors (Lipinski definition) is 0. The maximum atomic E-state index is 14.9. The molecule has 2 heterocycles. The van der Waals surface area contributed by atoms with Crippen LogP contribution in [0.5, 0.6) is 0 Å². The summed E-state index contributed by atoms with van der Waals surface area (Å²) >= 11 is 0. The number of aromatic nitrogens is 2. The third-order valence-electron chi connectivity index (χ3n) is 6.29. The van der Waals surface area contributed by atoms with Gasteiger partial charge in [0.15, 0.2) is 0 Å². The SMILES string of the molecule is CCn1c(-c2cc3cc(n2)/C=C(F)\C(C)=C(/C)CCC3)cc(C(C)OC)c(COC)c1=O. The van der Waals surface area contributed by atoms with Crippen molar-refractivity contribution in [2.24, 2.45) is 0 Å². The third-order valence-corrected chi connectivity index (χ3v) is 6.29. The maximum Gasteiger partial charge on any atom is 0.256 e. The standard InChI is InChI=1S/C26H33FN2O3/c1-7-29-25(14-21(18(4)32-6)22(15-31-5)26(29)30)24-12-19-10-8-9-16(2)17(3)23(27)13-20(11-19)28-24/h11-14,18H,7-10,15H2,1-6H3/b17-16+,23-13+. The van der Waals surface area contributed by atoms with Gasteiger partial charge in [0, 0.05) is 26.3 Å². The van der Waals surface area contributed by atoms with Crippen molar-refractivity contribution in [3.05, 3.63) is 67.9 Å². The molecule has 0 saturated carbocycles. The van der Waals surface area contributed by atoms with E-state index in [-0.39, 0.29) is 24.1 Å². The van der Waals surface area contributed by atoms with Gasteiger partial charge < -0.3 is 14.0 Å². The smallest absolute Gasteiger partial charge is 0.256 e. The van der Waals surface area contributed by atoms with E-state index in [1.165, 1.54) is 6.08 Å². The van der Waals surface area contributed by atoms with Crippen molar-refractivity contribution >= 4 is 6.08 Å². The van der Waals surface area contributed by atoms with Crippen molar-refractivity contribution in [2.75, 3.05) is 14.2 Å². The van der Waals surface area contributed by atoms with Crippen LogP contribution < -0.4 is 5.56 Å². The average Bonchev–Trinajstić information content (AvgIpc) is 2.78. The highest BCUT2D eigenvalue weighted by Crippen LogP contribution is 2.29. The van der Waals surface area contributed by atoms with Crippen molar-refractivity contribution in [1.29, 1.82) is 0 Å². The zero-order valence-electron chi connectivity index (χ0n) is 19.9. The van der Waals surface area contributed by atoms with Crippen molar-refractivity contribution in [1.82, 2.24) is 9.55 Å². The van der Waals surface area contributed by atoms with Gasteiger partial charge in [-0.25, -0.2) is 9.37 Å². The summed E-state index contributed by atoms with van der Waals surface area (Å²) in [5.41, 5.74) is 5.99. The highest BCUT2D eigenvalue weighted by molar-refractivity contribution is 5.63. The Morgan fingerprint density at radius 3 is 2.59 bits per heavy atom. The Morgan fingerprint density at radius 2 is 1.94 bits per heavy atom. The first-order valence-corrected chi connectivity index (χ1v) is 11.1. The number of allylic oxidation sites excluding steroid dienone is 3. The molecular weight excluding hydrogens is 407 g/mol. The fraction of sp³-hybridized carbons (Fsp3) is 0.462. The molecule has 1 aliphatic carbocycles. The van der Waals surface area contributed by atoms with E-state index in [1.807, 2.05) is 45.9 Å². The number of pyridine rings is 2. The van der Waals surface area contributed by atoms with Gasteiger partial charge in [0.25, 0.3) is 5.56 Å². The van der Waals surface area contributed by atoms with E-state index in [1.54, 1.807) is 18.8 Å². The van der Waals surface area contributed by atoms with Crippen LogP contribution >= 0.6 is 0 Å². The van der Waals surface area contributed by atoms with Crippen LogP contribution in [0, 0.1) is 0 Å². The zero-order valence-corrected chi connectivity index (χ0v) is 19.9. The van der Waals surface area contributed by atoms with Crippen LogP contribution in [-0.4, -0.2) is 23.8 Å². The first-order valence-electron chi connectivity index (χ1n) is 11.1. The van der Waals surface area contributed by atoms with Crippen molar-refractivity contribution in [2.45, 2.75) is 66.2 Å². The van der Waals surface area contributed by atoms with E-state index in [9.17, 15) is 9.18 Å².